The summed E-state index contributed by atoms with van der Waals surface area (Å²) in [6, 6.07) is 3.63. The number of methoxy groups -OCH3 is 1. The van der Waals surface area contributed by atoms with Crippen LogP contribution in [0, 0.1) is 0 Å². The molecule has 1 aromatic rings. The molecule has 21 heavy (non-hydrogen) atoms. The lowest BCUT2D eigenvalue weighted by Crippen LogP contribution is -2.40. The maximum Gasteiger partial charge on any atom is 0.339 e. The second-order valence-corrected chi connectivity index (χ2v) is 4.13. The quantitative estimate of drug-likeness (QED) is 0.714. The SMILES string of the molecule is CCN(CC(N)=O)C(=O)Nc1ccc(C(=O)O)c(OC)c1. The van der Waals surface area contributed by atoms with Crippen LogP contribution >= 0.6 is 0 Å². The van der Waals surface area contributed by atoms with Gasteiger partial charge in [-0.2, -0.15) is 0 Å². The molecule has 0 aromatic heterocycles. The molecule has 1 aromatic carbocycles. The molecule has 0 fully saturated rings. The first-order valence-electron chi connectivity index (χ1n) is 6.14. The molecule has 0 saturated heterocycles. The van der Waals surface area contributed by atoms with Gasteiger partial charge in [-0.3, -0.25) is 4.79 Å². The Balaban J connectivity index is 2.90. The molecule has 114 valence electrons. The molecule has 0 heterocycles. The molecule has 0 aliphatic carbocycles. The number of carbonyl (C=O) groups is 3. The molecule has 0 unspecified atom stereocenters. The summed E-state index contributed by atoms with van der Waals surface area (Å²) in [7, 11) is 1.33. The van der Waals surface area contributed by atoms with Crippen LogP contribution in [0.1, 0.15) is 17.3 Å². The van der Waals surface area contributed by atoms with E-state index in [4.69, 9.17) is 15.6 Å². The minimum absolute atomic E-state index is 0.0139. The molecule has 8 nitrogen and oxygen atoms in total. The van der Waals surface area contributed by atoms with E-state index < -0.39 is 17.9 Å². The monoisotopic (exact) mass is 295 g/mol. The second kappa shape index (κ2) is 7.13. The highest BCUT2D eigenvalue weighted by Gasteiger charge is 2.16. The van der Waals surface area contributed by atoms with Crippen LogP contribution in [0.15, 0.2) is 18.2 Å². The van der Waals surface area contributed by atoms with E-state index in [1.54, 1.807) is 6.92 Å². The largest absolute Gasteiger partial charge is 0.496 e. The summed E-state index contributed by atoms with van der Waals surface area (Å²) in [4.78, 5) is 35.0. The van der Waals surface area contributed by atoms with E-state index in [2.05, 4.69) is 5.32 Å². The van der Waals surface area contributed by atoms with Gasteiger partial charge in [0.1, 0.15) is 17.9 Å². The van der Waals surface area contributed by atoms with Crippen LogP contribution in [0.5, 0.6) is 5.75 Å². The third-order valence-electron chi connectivity index (χ3n) is 2.70. The predicted octanol–water partition coefficient (Wildman–Crippen LogP) is 0.732. The van der Waals surface area contributed by atoms with Gasteiger partial charge in [-0.05, 0) is 19.1 Å². The Hall–Kier alpha value is -2.77. The Morgan fingerprint density at radius 3 is 2.52 bits per heavy atom. The van der Waals surface area contributed by atoms with Crippen molar-refractivity contribution in [3.63, 3.8) is 0 Å². The van der Waals surface area contributed by atoms with Crippen molar-refractivity contribution in [2.24, 2.45) is 5.73 Å². The summed E-state index contributed by atoms with van der Waals surface area (Å²) >= 11 is 0. The predicted molar refractivity (Wildman–Crippen MR) is 75.4 cm³/mol. The van der Waals surface area contributed by atoms with Crippen LogP contribution < -0.4 is 15.8 Å². The zero-order valence-electron chi connectivity index (χ0n) is 11.8. The third kappa shape index (κ3) is 4.37. The Labute approximate surface area is 121 Å². The van der Waals surface area contributed by atoms with Crippen LogP contribution in [0.25, 0.3) is 0 Å². The van der Waals surface area contributed by atoms with E-state index in [0.717, 1.165) is 0 Å². The molecule has 0 bridgehead atoms. The summed E-state index contributed by atoms with van der Waals surface area (Å²) in [5.41, 5.74) is 5.39. The van der Waals surface area contributed by atoms with E-state index in [0.29, 0.717) is 12.2 Å². The zero-order chi connectivity index (χ0) is 16.0. The van der Waals surface area contributed by atoms with E-state index in [9.17, 15) is 14.4 Å². The van der Waals surface area contributed by atoms with Gasteiger partial charge in [-0.25, -0.2) is 9.59 Å². The van der Waals surface area contributed by atoms with Gasteiger partial charge in [-0.15, -0.1) is 0 Å². The number of benzene rings is 1. The lowest BCUT2D eigenvalue weighted by atomic mass is 10.2. The maximum absolute atomic E-state index is 11.9. The Morgan fingerprint density at radius 2 is 2.05 bits per heavy atom. The number of anilines is 1. The van der Waals surface area contributed by atoms with Crippen molar-refractivity contribution in [3.8, 4) is 5.75 Å². The minimum Gasteiger partial charge on any atom is -0.496 e. The first kappa shape index (κ1) is 16.3. The zero-order valence-corrected chi connectivity index (χ0v) is 11.8. The van der Waals surface area contributed by atoms with E-state index in [1.807, 2.05) is 0 Å². The molecule has 0 atom stereocenters. The molecule has 8 heteroatoms. The Morgan fingerprint density at radius 1 is 1.38 bits per heavy atom. The lowest BCUT2D eigenvalue weighted by molar-refractivity contribution is -0.118. The lowest BCUT2D eigenvalue weighted by Gasteiger charge is -2.20. The van der Waals surface area contributed by atoms with Crippen LogP contribution in [-0.4, -0.2) is 48.1 Å². The fourth-order valence-corrected chi connectivity index (χ4v) is 1.66. The summed E-state index contributed by atoms with van der Waals surface area (Å²) in [5, 5.41) is 11.5. The number of nitrogens with zero attached hydrogens (tertiary/aromatic N) is 1. The number of hydrogen-bond acceptors (Lipinski definition) is 4. The summed E-state index contributed by atoms with van der Waals surface area (Å²) in [5.74, 6) is -1.63. The highest BCUT2D eigenvalue weighted by molar-refractivity contribution is 5.95. The third-order valence-corrected chi connectivity index (χ3v) is 2.70. The molecule has 0 saturated carbocycles. The Bertz CT molecular complexity index is 559. The molecule has 4 N–H and O–H groups in total. The van der Waals surface area contributed by atoms with Crippen LogP contribution in [0.3, 0.4) is 0 Å². The van der Waals surface area contributed by atoms with Gasteiger partial charge >= 0.3 is 12.0 Å². The van der Waals surface area contributed by atoms with Gasteiger partial charge in [0.05, 0.1) is 7.11 Å². The average molecular weight is 295 g/mol. The molecule has 0 aliphatic heterocycles. The molecule has 1 rings (SSSR count). The maximum atomic E-state index is 11.9. The number of aromatic carboxylic acids is 1. The molecule has 0 spiro atoms. The number of nitrogens with two attached hydrogens (primary N) is 1. The van der Waals surface area contributed by atoms with Crippen molar-refractivity contribution in [2.45, 2.75) is 6.92 Å². The fourth-order valence-electron chi connectivity index (χ4n) is 1.66. The van der Waals surface area contributed by atoms with Crippen molar-refractivity contribution in [1.82, 2.24) is 4.90 Å². The number of hydrogen-bond donors (Lipinski definition) is 3. The van der Waals surface area contributed by atoms with Crippen molar-refractivity contribution >= 4 is 23.6 Å². The fraction of sp³-hybridized carbons (Fsp3) is 0.308. The van der Waals surface area contributed by atoms with Gasteiger partial charge in [0, 0.05) is 18.3 Å². The van der Waals surface area contributed by atoms with Gasteiger partial charge in [0.15, 0.2) is 0 Å². The average Bonchev–Trinajstić information content (AvgIpc) is 2.43. The van der Waals surface area contributed by atoms with Crippen molar-refractivity contribution in [2.75, 3.05) is 25.5 Å². The standard InChI is InChI=1S/C13H17N3O5/c1-3-16(7-11(14)17)13(20)15-8-4-5-9(12(18)19)10(6-8)21-2/h4-6H,3,7H2,1-2H3,(H2,14,17)(H,15,20)(H,18,19). The van der Waals surface area contributed by atoms with Gasteiger partial charge in [0.25, 0.3) is 0 Å². The first-order chi connectivity index (χ1) is 9.88. The molecule has 0 radical (unpaired) electrons. The van der Waals surface area contributed by atoms with Crippen LogP contribution in [0.4, 0.5) is 10.5 Å². The normalized spacial score (nSPS) is 9.81. The second-order valence-electron chi connectivity index (χ2n) is 4.13. The number of carboxylic acids is 1. The number of primary amides is 1. The van der Waals surface area contributed by atoms with Gasteiger partial charge < -0.3 is 25.8 Å². The first-order valence-corrected chi connectivity index (χ1v) is 6.14. The number of nitrogens with one attached hydrogen (secondary N) is 1. The number of rotatable bonds is 6. The van der Waals surface area contributed by atoms with E-state index >= 15 is 0 Å². The van der Waals surface area contributed by atoms with Crippen molar-refractivity contribution in [1.29, 1.82) is 0 Å². The molecular weight excluding hydrogens is 278 g/mol. The van der Waals surface area contributed by atoms with E-state index in [-0.39, 0.29) is 17.9 Å². The summed E-state index contributed by atoms with van der Waals surface area (Å²) in [6.07, 6.45) is 0. The summed E-state index contributed by atoms with van der Waals surface area (Å²) < 4.78 is 4.96. The molecular formula is C13H17N3O5. The number of amides is 3. The number of ether oxygens (including phenoxy) is 1. The molecule has 3 amide bonds. The number of likely N-dealkylation sites (N-methyl/N-ethyl adjacent to an activating group) is 1. The number of carbonyl (C=O) groups excluding carboxylic acids is 2. The van der Waals surface area contributed by atoms with Gasteiger partial charge in [-0.1, -0.05) is 0 Å². The van der Waals surface area contributed by atoms with Crippen LogP contribution in [0.2, 0.25) is 0 Å². The van der Waals surface area contributed by atoms with Crippen molar-refractivity contribution < 1.29 is 24.2 Å². The Kier molecular flexibility index (Phi) is 5.53. The highest BCUT2D eigenvalue weighted by atomic mass is 16.5. The topological polar surface area (TPSA) is 122 Å². The van der Waals surface area contributed by atoms with E-state index in [1.165, 1.54) is 30.2 Å². The molecule has 0 aliphatic rings. The van der Waals surface area contributed by atoms with Crippen molar-refractivity contribution in [3.05, 3.63) is 23.8 Å². The minimum atomic E-state index is -1.13. The smallest absolute Gasteiger partial charge is 0.339 e. The van der Waals surface area contributed by atoms with Gasteiger partial charge in [0.2, 0.25) is 5.91 Å². The summed E-state index contributed by atoms with van der Waals surface area (Å²) in [6.45, 7) is 1.81. The number of carboxylic acid groups (broad SMARTS) is 1. The highest BCUT2D eigenvalue weighted by Crippen LogP contribution is 2.23. The number of urea groups is 1. The van der Waals surface area contributed by atoms with Crippen LogP contribution in [-0.2, 0) is 4.79 Å².